The van der Waals surface area contributed by atoms with Crippen LogP contribution in [0.5, 0.6) is 0 Å². The van der Waals surface area contributed by atoms with Crippen molar-refractivity contribution in [3.63, 3.8) is 0 Å². The summed E-state index contributed by atoms with van der Waals surface area (Å²) >= 11 is 0. The average Bonchev–Trinajstić information content (AvgIpc) is 2.58. The van der Waals surface area contributed by atoms with Crippen molar-refractivity contribution in [1.82, 2.24) is 8.61 Å². The maximum absolute atomic E-state index is 12.3. The van der Waals surface area contributed by atoms with E-state index in [-0.39, 0.29) is 12.1 Å². The summed E-state index contributed by atoms with van der Waals surface area (Å²) in [7, 11) is -1.69. The Balaban J connectivity index is 2.85. The first-order chi connectivity index (χ1) is 7.30. The van der Waals surface area contributed by atoms with Gasteiger partial charge in [-0.05, 0) is 39.7 Å². The van der Waals surface area contributed by atoms with Gasteiger partial charge in [0.15, 0.2) is 0 Å². The number of hydrogen-bond acceptors (Lipinski definition) is 3. The number of nitrogens with two attached hydrogens (primary N) is 1. The Hall–Kier alpha value is -0.170. The summed E-state index contributed by atoms with van der Waals surface area (Å²) in [6, 6.07) is 0.0360. The molecule has 2 atom stereocenters. The largest absolute Gasteiger partial charge is 0.330 e. The number of nitrogens with zero attached hydrogens (tertiary/aromatic N) is 2. The van der Waals surface area contributed by atoms with Gasteiger partial charge in [-0.15, -0.1) is 0 Å². The molecule has 6 heteroatoms. The van der Waals surface area contributed by atoms with Crippen molar-refractivity contribution in [2.24, 2.45) is 11.7 Å². The van der Waals surface area contributed by atoms with E-state index < -0.39 is 10.2 Å². The van der Waals surface area contributed by atoms with Gasteiger partial charge in [-0.1, -0.05) is 0 Å². The van der Waals surface area contributed by atoms with Crippen LogP contribution in [-0.2, 0) is 10.2 Å². The molecule has 0 amide bonds. The molecule has 2 N–H and O–H groups in total. The van der Waals surface area contributed by atoms with E-state index >= 15 is 0 Å². The van der Waals surface area contributed by atoms with E-state index in [1.807, 2.05) is 20.8 Å². The zero-order valence-corrected chi connectivity index (χ0v) is 11.4. The van der Waals surface area contributed by atoms with Gasteiger partial charge in [0.05, 0.1) is 0 Å². The smallest absolute Gasteiger partial charge is 0.282 e. The normalized spacial score (nSPS) is 28.2. The topological polar surface area (TPSA) is 66.6 Å². The van der Waals surface area contributed by atoms with Gasteiger partial charge in [0.1, 0.15) is 0 Å². The Morgan fingerprint density at radius 2 is 2.06 bits per heavy atom. The highest BCUT2D eigenvalue weighted by Gasteiger charge is 2.39. The molecule has 0 aliphatic carbocycles. The van der Waals surface area contributed by atoms with Gasteiger partial charge in [0, 0.05) is 25.7 Å². The van der Waals surface area contributed by atoms with Gasteiger partial charge in [0.2, 0.25) is 0 Å². The lowest BCUT2D eigenvalue weighted by atomic mass is 10.1. The van der Waals surface area contributed by atoms with Crippen molar-refractivity contribution >= 4 is 10.2 Å². The second-order valence-electron chi connectivity index (χ2n) is 4.87. The molecule has 16 heavy (non-hydrogen) atoms. The fourth-order valence-electron chi connectivity index (χ4n) is 2.03. The minimum atomic E-state index is -3.32. The van der Waals surface area contributed by atoms with Crippen LogP contribution in [0.2, 0.25) is 0 Å². The minimum absolute atomic E-state index is 0.0193. The molecule has 0 aromatic heterocycles. The second-order valence-corrected chi connectivity index (χ2v) is 6.81. The van der Waals surface area contributed by atoms with Crippen LogP contribution in [0.4, 0.5) is 0 Å². The quantitative estimate of drug-likeness (QED) is 0.776. The molecule has 0 radical (unpaired) electrons. The van der Waals surface area contributed by atoms with Crippen LogP contribution in [-0.4, -0.2) is 49.2 Å². The fourth-order valence-corrected chi connectivity index (χ4v) is 3.84. The third-order valence-electron chi connectivity index (χ3n) is 3.33. The Labute approximate surface area is 98.8 Å². The summed E-state index contributed by atoms with van der Waals surface area (Å²) in [6.07, 6.45) is 0.863. The Kier molecular flexibility index (Phi) is 4.34. The SMILES string of the molecule is CC(C)N(C)S(=O)(=O)N1CC(CN)CC1C. The van der Waals surface area contributed by atoms with Crippen LogP contribution < -0.4 is 5.73 Å². The summed E-state index contributed by atoms with van der Waals surface area (Å²) in [5.74, 6) is 0.297. The van der Waals surface area contributed by atoms with Gasteiger partial charge in [0.25, 0.3) is 10.2 Å². The third kappa shape index (κ3) is 2.56. The first-order valence-electron chi connectivity index (χ1n) is 5.75. The van der Waals surface area contributed by atoms with Crippen molar-refractivity contribution in [3.05, 3.63) is 0 Å². The molecule has 1 heterocycles. The second kappa shape index (κ2) is 5.00. The maximum atomic E-state index is 12.3. The van der Waals surface area contributed by atoms with Crippen LogP contribution >= 0.6 is 0 Å². The molecule has 0 aromatic carbocycles. The van der Waals surface area contributed by atoms with Crippen LogP contribution in [0, 0.1) is 5.92 Å². The van der Waals surface area contributed by atoms with Crippen molar-refractivity contribution in [2.45, 2.75) is 39.3 Å². The van der Waals surface area contributed by atoms with E-state index in [0.29, 0.717) is 19.0 Å². The van der Waals surface area contributed by atoms with Crippen LogP contribution in [0.3, 0.4) is 0 Å². The molecule has 5 nitrogen and oxygen atoms in total. The number of rotatable bonds is 4. The van der Waals surface area contributed by atoms with Crippen LogP contribution in [0.15, 0.2) is 0 Å². The summed E-state index contributed by atoms with van der Waals surface area (Å²) in [5, 5.41) is 0. The van der Waals surface area contributed by atoms with Gasteiger partial charge in [-0.25, -0.2) is 0 Å². The zero-order chi connectivity index (χ0) is 12.5. The highest BCUT2D eigenvalue weighted by Crippen LogP contribution is 2.26. The molecule has 0 saturated carbocycles. The van der Waals surface area contributed by atoms with E-state index in [4.69, 9.17) is 5.73 Å². The molecule has 2 unspecified atom stereocenters. The summed E-state index contributed by atoms with van der Waals surface area (Å²) in [6.45, 7) is 6.80. The molecular weight excluding hydrogens is 226 g/mol. The Morgan fingerprint density at radius 1 is 1.50 bits per heavy atom. The van der Waals surface area contributed by atoms with E-state index in [0.717, 1.165) is 6.42 Å². The summed E-state index contributed by atoms with van der Waals surface area (Å²) < 4.78 is 27.5. The predicted octanol–water partition coefficient (Wildman–Crippen LogP) is 0.241. The molecule has 1 saturated heterocycles. The molecule has 96 valence electrons. The highest BCUT2D eigenvalue weighted by atomic mass is 32.2. The van der Waals surface area contributed by atoms with E-state index in [2.05, 4.69) is 0 Å². The highest BCUT2D eigenvalue weighted by molar-refractivity contribution is 7.86. The van der Waals surface area contributed by atoms with Crippen molar-refractivity contribution < 1.29 is 8.42 Å². The zero-order valence-electron chi connectivity index (χ0n) is 10.5. The van der Waals surface area contributed by atoms with Crippen LogP contribution in [0.25, 0.3) is 0 Å². The van der Waals surface area contributed by atoms with Crippen molar-refractivity contribution in [2.75, 3.05) is 20.1 Å². The van der Waals surface area contributed by atoms with E-state index in [9.17, 15) is 8.42 Å². The predicted molar refractivity (Wildman–Crippen MR) is 65.1 cm³/mol. The Morgan fingerprint density at radius 3 is 2.44 bits per heavy atom. The van der Waals surface area contributed by atoms with Gasteiger partial charge < -0.3 is 5.73 Å². The van der Waals surface area contributed by atoms with Crippen LogP contribution in [0.1, 0.15) is 27.2 Å². The number of hydrogen-bond donors (Lipinski definition) is 1. The molecular formula is C10H23N3O2S. The summed E-state index contributed by atoms with van der Waals surface area (Å²) in [4.78, 5) is 0. The van der Waals surface area contributed by atoms with Crippen molar-refractivity contribution in [1.29, 1.82) is 0 Å². The molecule has 0 spiro atoms. The molecule has 0 aromatic rings. The lowest BCUT2D eigenvalue weighted by molar-refractivity contribution is 0.329. The first kappa shape index (κ1) is 13.9. The first-order valence-corrected chi connectivity index (χ1v) is 7.15. The molecule has 1 aliphatic rings. The molecule has 0 bridgehead atoms. The van der Waals surface area contributed by atoms with Gasteiger partial charge in [-0.2, -0.15) is 17.0 Å². The lowest BCUT2D eigenvalue weighted by Gasteiger charge is -2.29. The van der Waals surface area contributed by atoms with Gasteiger partial charge >= 0.3 is 0 Å². The Bertz CT molecular complexity index is 329. The third-order valence-corrected chi connectivity index (χ3v) is 5.58. The monoisotopic (exact) mass is 249 g/mol. The van der Waals surface area contributed by atoms with Gasteiger partial charge in [-0.3, -0.25) is 0 Å². The van der Waals surface area contributed by atoms with E-state index in [1.54, 1.807) is 11.4 Å². The van der Waals surface area contributed by atoms with Crippen molar-refractivity contribution in [3.8, 4) is 0 Å². The fraction of sp³-hybridized carbons (Fsp3) is 1.00. The maximum Gasteiger partial charge on any atom is 0.282 e. The molecule has 1 fully saturated rings. The molecule has 1 aliphatic heterocycles. The standard InChI is InChI=1S/C10H23N3O2S/c1-8(2)12(4)16(14,15)13-7-10(6-11)5-9(13)3/h8-10H,5-7,11H2,1-4H3. The summed E-state index contributed by atoms with van der Waals surface area (Å²) in [5.41, 5.74) is 5.60. The minimum Gasteiger partial charge on any atom is -0.330 e. The lowest BCUT2D eigenvalue weighted by Crippen LogP contribution is -2.46. The molecule has 1 rings (SSSR count). The average molecular weight is 249 g/mol. The van der Waals surface area contributed by atoms with E-state index in [1.165, 1.54) is 4.31 Å².